The molecule has 1 fully saturated rings. The summed E-state index contributed by atoms with van der Waals surface area (Å²) in [7, 11) is 0. The summed E-state index contributed by atoms with van der Waals surface area (Å²) in [5.74, 6) is -3.03. The fourth-order valence-corrected chi connectivity index (χ4v) is 5.07. The van der Waals surface area contributed by atoms with Gasteiger partial charge >= 0.3 is 5.97 Å². The lowest BCUT2D eigenvalue weighted by Crippen LogP contribution is -2.48. The van der Waals surface area contributed by atoms with Gasteiger partial charge in [-0.2, -0.15) is 0 Å². The standard InChI is InChI=1S/C26H24BrClN2O5/c1-15-11-19(27)20(28)13-21(15)29-23(31)14-35-26(34)22(12-16-7-3-2-4-8-16)30-24(32)17-9-5-6-10-18(17)25(30)33/h2-8,11,13,17-18,22H,9-10,12,14H2,1H3,(H,29,31)/t17-,18-,22+/m1/s1. The lowest BCUT2D eigenvalue weighted by molar-refractivity contribution is -0.159. The number of allylic oxidation sites excluding steroid dienone is 2. The first kappa shape index (κ1) is 25.1. The van der Waals surface area contributed by atoms with Gasteiger partial charge in [-0.3, -0.25) is 19.3 Å². The second-order valence-corrected chi connectivity index (χ2v) is 9.91. The molecule has 7 nitrogen and oxygen atoms in total. The number of nitrogens with one attached hydrogen (secondary N) is 1. The topological polar surface area (TPSA) is 92.8 Å². The number of aryl methyl sites for hydroxylation is 1. The number of likely N-dealkylation sites (tertiary alicyclic amines) is 1. The summed E-state index contributed by atoms with van der Waals surface area (Å²) < 4.78 is 6.01. The normalized spacial score (nSPS) is 19.9. The van der Waals surface area contributed by atoms with Gasteiger partial charge in [0.25, 0.3) is 5.91 Å². The van der Waals surface area contributed by atoms with Crippen molar-refractivity contribution in [3.63, 3.8) is 0 Å². The van der Waals surface area contributed by atoms with Crippen molar-refractivity contribution in [3.05, 3.63) is 75.2 Å². The molecule has 0 aromatic heterocycles. The minimum atomic E-state index is -1.15. The number of carbonyl (C=O) groups excluding carboxylic acids is 4. The maximum atomic E-state index is 13.2. The number of esters is 1. The Morgan fingerprint density at radius 2 is 1.74 bits per heavy atom. The minimum Gasteiger partial charge on any atom is -0.454 e. The van der Waals surface area contributed by atoms with Crippen LogP contribution in [0.2, 0.25) is 5.02 Å². The van der Waals surface area contributed by atoms with E-state index in [1.165, 1.54) is 0 Å². The zero-order chi connectivity index (χ0) is 25.1. The second-order valence-electron chi connectivity index (χ2n) is 8.64. The van der Waals surface area contributed by atoms with Crippen molar-refractivity contribution in [3.8, 4) is 0 Å². The molecule has 3 atom stereocenters. The number of benzene rings is 2. The number of carbonyl (C=O) groups is 4. The second kappa shape index (κ2) is 10.7. The van der Waals surface area contributed by atoms with Crippen LogP contribution in [-0.4, -0.2) is 41.2 Å². The molecule has 1 aliphatic carbocycles. The molecule has 0 spiro atoms. The first-order chi connectivity index (χ1) is 16.8. The van der Waals surface area contributed by atoms with Gasteiger partial charge in [0.15, 0.2) is 6.61 Å². The van der Waals surface area contributed by atoms with Gasteiger partial charge in [-0.05, 0) is 59.0 Å². The number of amides is 3. The quantitative estimate of drug-likeness (QED) is 0.307. The SMILES string of the molecule is Cc1cc(Br)c(Cl)cc1NC(=O)COC(=O)[C@H](Cc1ccccc1)N1C(=O)[C@@H]2CC=CC[C@H]2C1=O. The van der Waals surface area contributed by atoms with E-state index >= 15 is 0 Å². The number of halogens is 2. The zero-order valence-electron chi connectivity index (χ0n) is 19.0. The maximum Gasteiger partial charge on any atom is 0.330 e. The Hall–Kier alpha value is -2.97. The molecular weight excluding hydrogens is 536 g/mol. The van der Waals surface area contributed by atoms with Crippen LogP contribution in [0.4, 0.5) is 5.69 Å². The van der Waals surface area contributed by atoms with Gasteiger partial charge in [-0.15, -0.1) is 0 Å². The van der Waals surface area contributed by atoms with E-state index in [1.54, 1.807) is 19.1 Å². The molecule has 1 heterocycles. The van der Waals surface area contributed by atoms with Crippen molar-refractivity contribution in [1.29, 1.82) is 0 Å². The summed E-state index contributed by atoms with van der Waals surface area (Å²) in [6.45, 7) is 1.24. The summed E-state index contributed by atoms with van der Waals surface area (Å²) in [5.41, 5.74) is 2.03. The number of fused-ring (bicyclic) bond motifs is 1. The molecule has 3 amide bonds. The maximum absolute atomic E-state index is 13.2. The number of ether oxygens (including phenoxy) is 1. The number of anilines is 1. The fourth-order valence-electron chi connectivity index (χ4n) is 4.45. The van der Waals surface area contributed by atoms with Crippen LogP contribution < -0.4 is 5.32 Å². The van der Waals surface area contributed by atoms with Crippen molar-refractivity contribution in [1.82, 2.24) is 4.90 Å². The van der Waals surface area contributed by atoms with E-state index in [9.17, 15) is 19.2 Å². The molecule has 1 saturated heterocycles. The Bertz CT molecular complexity index is 1170. The molecule has 0 saturated carbocycles. The molecule has 2 aromatic rings. The van der Waals surface area contributed by atoms with Crippen molar-refractivity contribution in [2.45, 2.75) is 32.2 Å². The van der Waals surface area contributed by atoms with E-state index in [2.05, 4.69) is 21.2 Å². The smallest absolute Gasteiger partial charge is 0.330 e. The largest absolute Gasteiger partial charge is 0.454 e. The number of rotatable bonds is 7. The molecule has 0 unspecified atom stereocenters. The van der Waals surface area contributed by atoms with Crippen molar-refractivity contribution in [2.75, 3.05) is 11.9 Å². The highest BCUT2D eigenvalue weighted by molar-refractivity contribution is 9.10. The van der Waals surface area contributed by atoms with Crippen LogP contribution in [0.1, 0.15) is 24.0 Å². The minimum absolute atomic E-state index is 0.104. The first-order valence-electron chi connectivity index (χ1n) is 11.2. The Morgan fingerprint density at radius 1 is 1.11 bits per heavy atom. The van der Waals surface area contributed by atoms with E-state index in [-0.39, 0.29) is 18.2 Å². The number of imide groups is 1. The molecule has 35 heavy (non-hydrogen) atoms. The lowest BCUT2D eigenvalue weighted by Gasteiger charge is -2.25. The van der Waals surface area contributed by atoms with Gasteiger partial charge in [0.05, 0.1) is 16.9 Å². The average Bonchev–Trinajstić information content (AvgIpc) is 3.10. The summed E-state index contributed by atoms with van der Waals surface area (Å²) >= 11 is 9.44. The van der Waals surface area contributed by atoms with Gasteiger partial charge in [0, 0.05) is 16.6 Å². The first-order valence-corrected chi connectivity index (χ1v) is 12.4. The highest BCUT2D eigenvalue weighted by atomic mass is 79.9. The van der Waals surface area contributed by atoms with Gasteiger partial charge in [0.1, 0.15) is 6.04 Å². The highest BCUT2D eigenvalue weighted by Crippen LogP contribution is 2.37. The molecule has 9 heteroatoms. The lowest BCUT2D eigenvalue weighted by atomic mass is 9.85. The van der Waals surface area contributed by atoms with Crippen LogP contribution in [0, 0.1) is 18.8 Å². The number of hydrogen-bond donors (Lipinski definition) is 1. The molecule has 1 N–H and O–H groups in total. The fraction of sp³-hybridized carbons (Fsp3) is 0.308. The van der Waals surface area contributed by atoms with Crippen LogP contribution in [0.25, 0.3) is 0 Å². The Morgan fingerprint density at radius 3 is 2.37 bits per heavy atom. The van der Waals surface area contributed by atoms with Gasteiger partial charge in [-0.1, -0.05) is 54.1 Å². The summed E-state index contributed by atoms with van der Waals surface area (Å²) in [5, 5.41) is 3.10. The predicted molar refractivity (Wildman–Crippen MR) is 135 cm³/mol. The molecule has 182 valence electrons. The third-order valence-corrected chi connectivity index (χ3v) is 7.48. The van der Waals surface area contributed by atoms with E-state index in [0.29, 0.717) is 28.0 Å². The Labute approximate surface area is 216 Å². The van der Waals surface area contributed by atoms with Crippen LogP contribution in [-0.2, 0) is 30.3 Å². The van der Waals surface area contributed by atoms with Gasteiger partial charge in [-0.25, -0.2) is 4.79 Å². The number of nitrogens with zero attached hydrogens (tertiary/aromatic N) is 1. The van der Waals surface area contributed by atoms with Gasteiger partial charge < -0.3 is 10.1 Å². The van der Waals surface area contributed by atoms with Crippen LogP contribution >= 0.6 is 27.5 Å². The summed E-state index contributed by atoms with van der Waals surface area (Å²) in [6, 6.07) is 11.3. The van der Waals surface area contributed by atoms with Crippen molar-refractivity contribution < 1.29 is 23.9 Å². The van der Waals surface area contributed by atoms with Crippen LogP contribution in [0.15, 0.2) is 59.1 Å². The highest BCUT2D eigenvalue weighted by Gasteiger charge is 2.51. The van der Waals surface area contributed by atoms with Gasteiger partial charge in [0.2, 0.25) is 11.8 Å². The summed E-state index contributed by atoms with van der Waals surface area (Å²) in [6.07, 6.45) is 4.82. The third-order valence-electron chi connectivity index (χ3n) is 6.28. The molecule has 4 rings (SSSR count). The third kappa shape index (κ3) is 5.49. The number of hydrogen-bond acceptors (Lipinski definition) is 5. The molecule has 0 radical (unpaired) electrons. The molecule has 0 bridgehead atoms. The Balaban J connectivity index is 1.49. The summed E-state index contributed by atoms with van der Waals surface area (Å²) in [4.78, 5) is 53.0. The van der Waals surface area contributed by atoms with E-state index in [4.69, 9.17) is 16.3 Å². The molecule has 1 aliphatic heterocycles. The van der Waals surface area contributed by atoms with Crippen molar-refractivity contribution in [2.24, 2.45) is 11.8 Å². The van der Waals surface area contributed by atoms with Crippen molar-refractivity contribution >= 4 is 56.9 Å². The van der Waals surface area contributed by atoms with E-state index < -0.39 is 36.4 Å². The zero-order valence-corrected chi connectivity index (χ0v) is 21.3. The predicted octanol–water partition coefficient (Wildman–Crippen LogP) is 4.46. The molecule has 2 aliphatic rings. The van der Waals surface area contributed by atoms with Crippen LogP contribution in [0.3, 0.4) is 0 Å². The van der Waals surface area contributed by atoms with Crippen LogP contribution in [0.5, 0.6) is 0 Å². The van der Waals surface area contributed by atoms with E-state index in [1.807, 2.05) is 42.5 Å². The average molecular weight is 560 g/mol. The Kier molecular flexibility index (Phi) is 7.72. The monoisotopic (exact) mass is 558 g/mol. The van der Waals surface area contributed by atoms with E-state index in [0.717, 1.165) is 16.0 Å². The molecule has 2 aromatic carbocycles. The molecular formula is C26H24BrClN2O5.